The van der Waals surface area contributed by atoms with Crippen molar-refractivity contribution < 1.29 is 24.5 Å². The summed E-state index contributed by atoms with van der Waals surface area (Å²) >= 11 is 0. The van der Waals surface area contributed by atoms with Crippen molar-refractivity contribution in [1.29, 1.82) is 0 Å². The fourth-order valence-corrected chi connectivity index (χ4v) is 3.90. The molecule has 1 aliphatic heterocycles. The van der Waals surface area contributed by atoms with Crippen LogP contribution in [-0.4, -0.2) is 38.4 Å². The maximum Gasteiger partial charge on any atom is 0.290 e. The third kappa shape index (κ3) is 4.68. The van der Waals surface area contributed by atoms with Gasteiger partial charge in [0.05, 0.1) is 18.2 Å². The maximum absolute atomic E-state index is 13.3. The minimum atomic E-state index is -0.875. The van der Waals surface area contributed by atoms with Gasteiger partial charge in [0.2, 0.25) is 0 Å². The van der Waals surface area contributed by atoms with Crippen LogP contribution < -0.4 is 4.74 Å². The summed E-state index contributed by atoms with van der Waals surface area (Å²) in [6.45, 7) is 2.24. The summed E-state index contributed by atoms with van der Waals surface area (Å²) in [6.07, 6.45) is 6.23. The second-order valence-corrected chi connectivity index (χ2v) is 7.73. The number of amides is 1. The highest BCUT2D eigenvalue weighted by Crippen LogP contribution is 2.41. The molecule has 0 spiro atoms. The lowest BCUT2D eigenvalue weighted by Gasteiger charge is -2.27. The van der Waals surface area contributed by atoms with Crippen LogP contribution in [0.5, 0.6) is 11.5 Å². The number of rotatable bonds is 8. The van der Waals surface area contributed by atoms with Crippen molar-refractivity contribution in [1.82, 2.24) is 9.88 Å². The predicted octanol–water partition coefficient (Wildman–Crippen LogP) is 4.36. The smallest absolute Gasteiger partial charge is 0.290 e. The molecule has 7 nitrogen and oxygen atoms in total. The van der Waals surface area contributed by atoms with Gasteiger partial charge in [-0.05, 0) is 47.9 Å². The predicted molar refractivity (Wildman–Crippen MR) is 127 cm³/mol. The average molecular weight is 456 g/mol. The third-order valence-corrected chi connectivity index (χ3v) is 5.47. The zero-order valence-electron chi connectivity index (χ0n) is 18.6. The van der Waals surface area contributed by atoms with Crippen LogP contribution in [0.3, 0.4) is 0 Å². The lowest BCUT2D eigenvalue weighted by atomic mass is 9.95. The van der Waals surface area contributed by atoms with E-state index in [1.807, 2.05) is 36.4 Å². The van der Waals surface area contributed by atoms with Crippen molar-refractivity contribution in [2.75, 3.05) is 6.61 Å². The highest BCUT2D eigenvalue weighted by molar-refractivity contribution is 6.14. The Balaban J connectivity index is 1.76. The monoisotopic (exact) mass is 456 g/mol. The average Bonchev–Trinajstić information content (AvgIpc) is 3.10. The molecule has 7 heteroatoms. The van der Waals surface area contributed by atoms with E-state index in [-0.39, 0.29) is 23.6 Å². The van der Waals surface area contributed by atoms with Crippen molar-refractivity contribution >= 4 is 17.8 Å². The fraction of sp³-hybridized carbons (Fsp3) is 0.148. The molecule has 0 fully saturated rings. The van der Waals surface area contributed by atoms with Crippen molar-refractivity contribution in [3.63, 3.8) is 0 Å². The van der Waals surface area contributed by atoms with Gasteiger partial charge >= 0.3 is 0 Å². The summed E-state index contributed by atoms with van der Waals surface area (Å²) < 4.78 is 5.50. The first-order valence-corrected chi connectivity index (χ1v) is 10.9. The van der Waals surface area contributed by atoms with E-state index in [1.165, 1.54) is 17.0 Å². The van der Waals surface area contributed by atoms with Crippen LogP contribution >= 0.6 is 0 Å². The van der Waals surface area contributed by atoms with Crippen LogP contribution in [0.1, 0.15) is 29.7 Å². The number of aliphatic hydroxyl groups excluding tert-OH is 1. The van der Waals surface area contributed by atoms with E-state index in [2.05, 4.69) is 4.98 Å². The number of phenols is 1. The van der Waals surface area contributed by atoms with Crippen molar-refractivity contribution in [3.05, 3.63) is 107 Å². The number of benzene rings is 2. The number of hydrogen-bond acceptors (Lipinski definition) is 6. The molecule has 4 rings (SSSR count). The van der Waals surface area contributed by atoms with Crippen LogP contribution in [0.2, 0.25) is 0 Å². The quantitative estimate of drug-likeness (QED) is 0.489. The summed E-state index contributed by atoms with van der Waals surface area (Å²) in [6, 6.07) is 16.6. The first-order valence-electron chi connectivity index (χ1n) is 10.9. The van der Waals surface area contributed by atoms with Crippen LogP contribution in [0.4, 0.5) is 0 Å². The molecule has 1 atom stereocenters. The van der Waals surface area contributed by atoms with Gasteiger partial charge in [-0.1, -0.05) is 48.5 Å². The van der Waals surface area contributed by atoms with Gasteiger partial charge < -0.3 is 19.8 Å². The third-order valence-electron chi connectivity index (χ3n) is 5.47. The number of carbonyl (C=O) groups excluding carboxylic acids is 2. The van der Waals surface area contributed by atoms with Gasteiger partial charge in [0.15, 0.2) is 23.0 Å². The minimum absolute atomic E-state index is 0.0331. The number of ether oxygens (including phenoxy) is 1. The second kappa shape index (κ2) is 10.0. The number of phenolic OH excluding ortho intramolecular Hbond substituents is 1. The number of aromatic hydroxyl groups is 1. The molecule has 2 heterocycles. The molecular weight excluding hydrogens is 432 g/mol. The van der Waals surface area contributed by atoms with Gasteiger partial charge in [0.25, 0.3) is 5.91 Å². The summed E-state index contributed by atoms with van der Waals surface area (Å²) in [5.74, 6) is -1.57. The Labute approximate surface area is 197 Å². The number of carbonyl (C=O) groups is 2. The zero-order valence-corrected chi connectivity index (χ0v) is 18.6. The number of pyridine rings is 1. The summed E-state index contributed by atoms with van der Waals surface area (Å²) in [5.41, 5.74) is 2.05. The van der Waals surface area contributed by atoms with Crippen LogP contribution in [0.25, 0.3) is 6.08 Å². The van der Waals surface area contributed by atoms with Gasteiger partial charge in [-0.15, -0.1) is 0 Å². The van der Waals surface area contributed by atoms with E-state index in [0.29, 0.717) is 12.2 Å². The molecule has 34 heavy (non-hydrogen) atoms. The highest BCUT2D eigenvalue weighted by Gasteiger charge is 2.43. The lowest BCUT2D eigenvalue weighted by molar-refractivity contribution is -0.130. The molecule has 1 amide bonds. The molecule has 3 aromatic rings. The topological polar surface area (TPSA) is 100.0 Å². The van der Waals surface area contributed by atoms with Gasteiger partial charge in [-0.2, -0.15) is 0 Å². The van der Waals surface area contributed by atoms with E-state index < -0.39 is 23.5 Å². The van der Waals surface area contributed by atoms with Crippen LogP contribution in [0.15, 0.2) is 90.5 Å². The number of aromatic nitrogens is 1. The zero-order chi connectivity index (χ0) is 24.1. The molecule has 0 saturated heterocycles. The summed E-state index contributed by atoms with van der Waals surface area (Å²) in [5, 5.41) is 20.9. The van der Waals surface area contributed by atoms with Crippen molar-refractivity contribution in [3.8, 4) is 11.5 Å². The molecule has 0 aliphatic carbocycles. The molecule has 1 aromatic heterocycles. The van der Waals surface area contributed by atoms with Gasteiger partial charge in [-0.3, -0.25) is 14.6 Å². The molecule has 0 saturated carbocycles. The normalized spacial score (nSPS) is 15.9. The molecular formula is C27H24N2O5. The Morgan fingerprint density at radius 3 is 2.62 bits per heavy atom. The van der Waals surface area contributed by atoms with Crippen molar-refractivity contribution in [2.45, 2.75) is 19.5 Å². The Kier molecular flexibility index (Phi) is 6.73. The van der Waals surface area contributed by atoms with Gasteiger partial charge in [0, 0.05) is 18.9 Å². The Bertz CT molecular complexity index is 1250. The van der Waals surface area contributed by atoms with E-state index in [4.69, 9.17) is 4.74 Å². The van der Waals surface area contributed by atoms with Crippen molar-refractivity contribution in [2.24, 2.45) is 0 Å². The summed E-state index contributed by atoms with van der Waals surface area (Å²) in [7, 11) is 0. The van der Waals surface area contributed by atoms with Crippen LogP contribution in [-0.2, 0) is 16.1 Å². The maximum atomic E-state index is 13.3. The van der Waals surface area contributed by atoms with Gasteiger partial charge in [0.1, 0.15) is 0 Å². The second-order valence-electron chi connectivity index (χ2n) is 7.73. The molecule has 2 aromatic carbocycles. The number of nitrogens with zero attached hydrogens (tertiary/aromatic N) is 2. The Hall–Kier alpha value is -4.39. The van der Waals surface area contributed by atoms with Gasteiger partial charge in [-0.25, -0.2) is 0 Å². The first-order chi connectivity index (χ1) is 16.5. The Morgan fingerprint density at radius 1 is 1.12 bits per heavy atom. The number of allylic oxidation sites excluding steroid dienone is 1. The number of aliphatic hydroxyl groups is 1. The molecule has 0 radical (unpaired) electrons. The van der Waals surface area contributed by atoms with E-state index in [9.17, 15) is 19.8 Å². The molecule has 1 unspecified atom stereocenters. The van der Waals surface area contributed by atoms with Crippen LogP contribution in [0, 0.1) is 0 Å². The lowest BCUT2D eigenvalue weighted by Crippen LogP contribution is -2.30. The minimum Gasteiger partial charge on any atom is -0.504 e. The largest absolute Gasteiger partial charge is 0.504 e. The fourth-order valence-electron chi connectivity index (χ4n) is 3.90. The SMILES string of the molecule is CCOc1cc(C2C(C(=O)C=Cc3ccccc3)=C(O)C(=O)N2Cc2cccnc2)ccc1O. The molecule has 1 aliphatic rings. The Morgan fingerprint density at radius 2 is 1.91 bits per heavy atom. The highest BCUT2D eigenvalue weighted by atomic mass is 16.5. The van der Waals surface area contributed by atoms with E-state index >= 15 is 0 Å². The standard InChI is InChI=1S/C27H24N2O5/c1-2-34-23-15-20(11-13-21(23)30)25-24(22(31)12-10-18-7-4-3-5-8-18)26(32)27(33)29(25)17-19-9-6-14-28-16-19/h3-16,25,30,32H,2,17H2,1H3. The van der Waals surface area contributed by atoms with E-state index in [0.717, 1.165) is 11.1 Å². The first kappa shape index (κ1) is 22.8. The number of ketones is 1. The number of hydrogen-bond donors (Lipinski definition) is 2. The summed E-state index contributed by atoms with van der Waals surface area (Å²) in [4.78, 5) is 31.9. The molecule has 2 N–H and O–H groups in total. The molecule has 172 valence electrons. The molecule has 0 bridgehead atoms. The van der Waals surface area contributed by atoms with E-state index in [1.54, 1.807) is 43.6 Å².